The fraction of sp³-hybridized carbons (Fsp3) is 0.500. The lowest BCUT2D eigenvalue weighted by molar-refractivity contribution is -0.120. The van der Waals surface area contributed by atoms with Gasteiger partial charge in [-0.2, -0.15) is 0 Å². The molecule has 0 aliphatic heterocycles. The normalized spacial score (nSPS) is 10.6. The molecule has 0 atom stereocenters. The summed E-state index contributed by atoms with van der Waals surface area (Å²) < 4.78 is 5.21. The largest absolute Gasteiger partial charge is 0.496 e. The lowest BCUT2D eigenvalue weighted by Gasteiger charge is -2.11. The van der Waals surface area contributed by atoms with Gasteiger partial charge in [-0.1, -0.05) is 11.6 Å². The maximum atomic E-state index is 11.8. The zero-order valence-electron chi connectivity index (χ0n) is 11.7. The standard InChI is InChI=1S/C14H21ClN2O2/c1-17(2)8-4-7-16-14(18)10-11-9-12(15)5-6-13(11)19-3/h5-6,9H,4,7-8,10H2,1-3H3,(H,16,18). The minimum absolute atomic E-state index is 0.0145. The Balaban J connectivity index is 2.45. The minimum Gasteiger partial charge on any atom is -0.496 e. The number of rotatable bonds is 7. The molecule has 0 saturated carbocycles. The minimum atomic E-state index is -0.0145. The second-order valence-corrected chi connectivity index (χ2v) is 5.08. The van der Waals surface area contributed by atoms with Gasteiger partial charge in [0.1, 0.15) is 5.75 Å². The summed E-state index contributed by atoms with van der Waals surface area (Å²) in [7, 11) is 5.61. The number of methoxy groups -OCH3 is 1. The first-order valence-electron chi connectivity index (χ1n) is 6.26. The van der Waals surface area contributed by atoms with Crippen LogP contribution < -0.4 is 10.1 Å². The Morgan fingerprint density at radius 1 is 1.42 bits per heavy atom. The van der Waals surface area contributed by atoms with Crippen molar-refractivity contribution in [3.05, 3.63) is 28.8 Å². The van der Waals surface area contributed by atoms with Gasteiger partial charge < -0.3 is 15.0 Å². The molecule has 0 aliphatic carbocycles. The van der Waals surface area contributed by atoms with Crippen LogP contribution in [0.2, 0.25) is 5.02 Å². The molecule has 0 bridgehead atoms. The molecule has 106 valence electrons. The van der Waals surface area contributed by atoms with Gasteiger partial charge >= 0.3 is 0 Å². The summed E-state index contributed by atoms with van der Waals surface area (Å²) in [5.41, 5.74) is 0.806. The maximum Gasteiger partial charge on any atom is 0.224 e. The first-order valence-corrected chi connectivity index (χ1v) is 6.64. The van der Waals surface area contributed by atoms with Crippen molar-refractivity contribution in [1.82, 2.24) is 10.2 Å². The number of hydrogen-bond donors (Lipinski definition) is 1. The van der Waals surface area contributed by atoms with E-state index in [0.29, 0.717) is 17.3 Å². The van der Waals surface area contributed by atoms with E-state index in [1.807, 2.05) is 14.1 Å². The van der Waals surface area contributed by atoms with E-state index in [-0.39, 0.29) is 12.3 Å². The molecule has 19 heavy (non-hydrogen) atoms. The molecule has 1 aromatic rings. The molecule has 0 spiro atoms. The van der Waals surface area contributed by atoms with Crippen molar-refractivity contribution in [2.24, 2.45) is 0 Å². The highest BCUT2D eigenvalue weighted by atomic mass is 35.5. The number of carbonyl (C=O) groups excluding carboxylic acids is 1. The molecule has 0 saturated heterocycles. The van der Waals surface area contributed by atoms with Crippen LogP contribution in [0.25, 0.3) is 0 Å². The summed E-state index contributed by atoms with van der Waals surface area (Å²) in [4.78, 5) is 13.9. The third-order valence-electron chi connectivity index (χ3n) is 2.70. The van der Waals surface area contributed by atoms with Crippen LogP contribution in [0.5, 0.6) is 5.75 Å². The van der Waals surface area contributed by atoms with Crippen LogP contribution in [-0.2, 0) is 11.2 Å². The third-order valence-corrected chi connectivity index (χ3v) is 2.93. The number of ether oxygens (including phenoxy) is 1. The van der Waals surface area contributed by atoms with Crippen LogP contribution in [0.1, 0.15) is 12.0 Å². The summed E-state index contributed by atoms with van der Waals surface area (Å²) in [5.74, 6) is 0.673. The van der Waals surface area contributed by atoms with Crippen LogP contribution in [0.3, 0.4) is 0 Å². The molecule has 0 fully saturated rings. The van der Waals surface area contributed by atoms with E-state index in [2.05, 4.69) is 10.2 Å². The number of benzene rings is 1. The summed E-state index contributed by atoms with van der Waals surface area (Å²) in [5, 5.41) is 3.50. The van der Waals surface area contributed by atoms with Crippen molar-refractivity contribution in [2.45, 2.75) is 12.8 Å². The van der Waals surface area contributed by atoms with Crippen LogP contribution in [0.4, 0.5) is 0 Å². The predicted molar refractivity (Wildman–Crippen MR) is 77.9 cm³/mol. The van der Waals surface area contributed by atoms with Crippen molar-refractivity contribution >= 4 is 17.5 Å². The fourth-order valence-electron chi connectivity index (χ4n) is 1.74. The first kappa shape index (κ1) is 15.8. The average molecular weight is 285 g/mol. The second kappa shape index (κ2) is 8.02. The highest BCUT2D eigenvalue weighted by molar-refractivity contribution is 6.30. The van der Waals surface area contributed by atoms with Gasteiger partial charge in [0.25, 0.3) is 0 Å². The molecular weight excluding hydrogens is 264 g/mol. The molecule has 0 aromatic heterocycles. The number of nitrogens with one attached hydrogen (secondary N) is 1. The molecule has 4 nitrogen and oxygen atoms in total. The molecule has 1 aromatic carbocycles. The highest BCUT2D eigenvalue weighted by Gasteiger charge is 2.09. The van der Waals surface area contributed by atoms with Crippen molar-refractivity contribution in [3.8, 4) is 5.75 Å². The molecule has 1 amide bonds. The summed E-state index contributed by atoms with van der Waals surface area (Å²) in [6.07, 6.45) is 1.22. The number of halogens is 1. The maximum absolute atomic E-state index is 11.8. The first-order chi connectivity index (χ1) is 9.02. The molecule has 1 N–H and O–H groups in total. The Bertz CT molecular complexity index is 422. The van der Waals surface area contributed by atoms with Gasteiger partial charge in [0, 0.05) is 17.1 Å². The Morgan fingerprint density at radius 2 is 2.16 bits per heavy atom. The van der Waals surface area contributed by atoms with E-state index < -0.39 is 0 Å². The molecular formula is C14H21ClN2O2. The summed E-state index contributed by atoms with van der Waals surface area (Å²) in [6, 6.07) is 5.29. The molecule has 0 radical (unpaired) electrons. The van der Waals surface area contributed by atoms with Gasteiger partial charge in [-0.15, -0.1) is 0 Å². The summed E-state index contributed by atoms with van der Waals surface area (Å²) >= 11 is 5.93. The quantitative estimate of drug-likeness (QED) is 0.778. The van der Waals surface area contributed by atoms with Crippen molar-refractivity contribution in [1.29, 1.82) is 0 Å². The molecule has 1 rings (SSSR count). The Hall–Kier alpha value is -1.26. The fourth-order valence-corrected chi connectivity index (χ4v) is 1.94. The number of hydrogen-bond acceptors (Lipinski definition) is 3. The number of amides is 1. The lowest BCUT2D eigenvalue weighted by Crippen LogP contribution is -2.28. The van der Waals surface area contributed by atoms with Crippen LogP contribution >= 0.6 is 11.6 Å². The van der Waals surface area contributed by atoms with Crippen molar-refractivity contribution < 1.29 is 9.53 Å². The molecule has 0 unspecified atom stereocenters. The van der Waals surface area contributed by atoms with E-state index in [1.165, 1.54) is 0 Å². The van der Waals surface area contributed by atoms with E-state index >= 15 is 0 Å². The highest BCUT2D eigenvalue weighted by Crippen LogP contribution is 2.22. The van der Waals surface area contributed by atoms with Gasteiger partial charge in [-0.05, 0) is 45.3 Å². The van der Waals surface area contributed by atoms with E-state index in [4.69, 9.17) is 16.3 Å². The van der Waals surface area contributed by atoms with Crippen LogP contribution in [0.15, 0.2) is 18.2 Å². The van der Waals surface area contributed by atoms with Gasteiger partial charge in [-0.25, -0.2) is 0 Å². The topological polar surface area (TPSA) is 41.6 Å². The third kappa shape index (κ3) is 5.94. The zero-order valence-corrected chi connectivity index (χ0v) is 12.5. The number of nitrogens with zero attached hydrogens (tertiary/aromatic N) is 1. The summed E-state index contributed by atoms with van der Waals surface area (Å²) in [6.45, 7) is 1.64. The monoisotopic (exact) mass is 284 g/mol. The Kier molecular flexibility index (Phi) is 6.67. The van der Waals surface area contributed by atoms with Crippen LogP contribution in [-0.4, -0.2) is 45.1 Å². The lowest BCUT2D eigenvalue weighted by atomic mass is 10.1. The van der Waals surface area contributed by atoms with Gasteiger partial charge in [-0.3, -0.25) is 4.79 Å². The van der Waals surface area contributed by atoms with Gasteiger partial charge in [0.2, 0.25) is 5.91 Å². The van der Waals surface area contributed by atoms with E-state index in [9.17, 15) is 4.79 Å². The average Bonchev–Trinajstić information content (AvgIpc) is 2.35. The van der Waals surface area contributed by atoms with Gasteiger partial charge in [0.15, 0.2) is 0 Å². The molecule has 0 heterocycles. The van der Waals surface area contributed by atoms with Crippen LogP contribution in [0, 0.1) is 0 Å². The Morgan fingerprint density at radius 3 is 2.79 bits per heavy atom. The second-order valence-electron chi connectivity index (χ2n) is 4.64. The van der Waals surface area contributed by atoms with Crippen molar-refractivity contribution in [2.75, 3.05) is 34.3 Å². The smallest absolute Gasteiger partial charge is 0.224 e. The number of carbonyl (C=O) groups is 1. The van der Waals surface area contributed by atoms with Gasteiger partial charge in [0.05, 0.1) is 13.5 Å². The van der Waals surface area contributed by atoms with E-state index in [1.54, 1.807) is 25.3 Å². The predicted octanol–water partition coefficient (Wildman–Crippen LogP) is 1.96. The molecule has 5 heteroatoms. The Labute approximate surface area is 119 Å². The van der Waals surface area contributed by atoms with Crippen molar-refractivity contribution in [3.63, 3.8) is 0 Å². The molecule has 0 aliphatic rings. The SMILES string of the molecule is COc1ccc(Cl)cc1CC(=O)NCCCN(C)C. The van der Waals surface area contributed by atoms with E-state index in [0.717, 1.165) is 18.5 Å². The zero-order chi connectivity index (χ0) is 14.3.